The van der Waals surface area contributed by atoms with E-state index in [-0.39, 0.29) is 24.0 Å². The van der Waals surface area contributed by atoms with Crippen LogP contribution in [-0.4, -0.2) is 23.7 Å². The third kappa shape index (κ3) is 5.65. The maximum atomic E-state index is 12.0. The molecule has 19 heavy (non-hydrogen) atoms. The van der Waals surface area contributed by atoms with Crippen LogP contribution in [0.1, 0.15) is 20.3 Å². The van der Waals surface area contributed by atoms with Crippen molar-refractivity contribution < 1.29 is 23.4 Å². The van der Waals surface area contributed by atoms with E-state index in [1.165, 1.54) is 18.2 Å². The zero-order valence-electron chi connectivity index (χ0n) is 10.8. The van der Waals surface area contributed by atoms with E-state index in [9.17, 15) is 18.7 Å². The number of aliphatic hydroxyl groups excluding tert-OH is 1. The molecule has 1 atom stereocenters. The van der Waals surface area contributed by atoms with Gasteiger partial charge in [0.2, 0.25) is 5.91 Å². The molecule has 0 radical (unpaired) electrons. The number of carbonyl (C=O) groups excluding carboxylic acids is 1. The Hall–Kier alpha value is -1.69. The number of rotatable bonds is 6. The zero-order valence-corrected chi connectivity index (χ0v) is 10.8. The van der Waals surface area contributed by atoms with E-state index in [1.54, 1.807) is 19.9 Å². The smallest absolute Gasteiger partial charge is 0.387 e. The van der Waals surface area contributed by atoms with Crippen LogP contribution in [0.15, 0.2) is 24.3 Å². The first-order valence-corrected chi connectivity index (χ1v) is 5.91. The SMILES string of the molecule is CC(C)C(O)CC(=O)Nc1cccc(OC(F)F)c1. The summed E-state index contributed by atoms with van der Waals surface area (Å²) in [6.07, 6.45) is -0.780. The van der Waals surface area contributed by atoms with Gasteiger partial charge in [0.15, 0.2) is 0 Å². The molecular formula is C13H17F2NO3. The van der Waals surface area contributed by atoms with Crippen molar-refractivity contribution in [1.82, 2.24) is 0 Å². The molecule has 0 aliphatic carbocycles. The molecule has 1 aromatic carbocycles. The maximum Gasteiger partial charge on any atom is 0.387 e. The van der Waals surface area contributed by atoms with Crippen molar-refractivity contribution in [1.29, 1.82) is 0 Å². The number of alkyl halides is 2. The fourth-order valence-corrected chi connectivity index (χ4v) is 1.39. The molecule has 0 spiro atoms. The number of carbonyl (C=O) groups is 1. The van der Waals surface area contributed by atoms with Gasteiger partial charge in [0, 0.05) is 11.8 Å². The zero-order chi connectivity index (χ0) is 14.4. The van der Waals surface area contributed by atoms with Crippen molar-refractivity contribution in [3.8, 4) is 5.75 Å². The Morgan fingerprint density at radius 2 is 2.11 bits per heavy atom. The van der Waals surface area contributed by atoms with Gasteiger partial charge < -0.3 is 15.2 Å². The number of benzene rings is 1. The Morgan fingerprint density at radius 3 is 2.68 bits per heavy atom. The molecule has 0 saturated heterocycles. The molecule has 0 aliphatic rings. The second-order valence-electron chi connectivity index (χ2n) is 4.47. The molecule has 0 aromatic heterocycles. The lowest BCUT2D eigenvalue weighted by Crippen LogP contribution is -2.23. The number of aliphatic hydroxyl groups is 1. The second-order valence-corrected chi connectivity index (χ2v) is 4.47. The fourth-order valence-electron chi connectivity index (χ4n) is 1.39. The van der Waals surface area contributed by atoms with E-state index in [1.807, 2.05) is 0 Å². The summed E-state index contributed by atoms with van der Waals surface area (Å²) >= 11 is 0. The summed E-state index contributed by atoms with van der Waals surface area (Å²) in [5.41, 5.74) is 0.346. The summed E-state index contributed by atoms with van der Waals surface area (Å²) in [6, 6.07) is 5.71. The average molecular weight is 273 g/mol. The number of ether oxygens (including phenoxy) is 1. The van der Waals surface area contributed by atoms with Gasteiger partial charge in [-0.15, -0.1) is 0 Å². The van der Waals surface area contributed by atoms with Crippen LogP contribution < -0.4 is 10.1 Å². The summed E-state index contributed by atoms with van der Waals surface area (Å²) in [5.74, 6) is -0.438. The molecule has 106 valence electrons. The highest BCUT2D eigenvalue weighted by Crippen LogP contribution is 2.19. The average Bonchev–Trinajstić information content (AvgIpc) is 2.27. The van der Waals surface area contributed by atoms with Gasteiger partial charge in [-0.1, -0.05) is 19.9 Å². The normalized spacial score (nSPS) is 12.6. The lowest BCUT2D eigenvalue weighted by Gasteiger charge is -2.14. The summed E-state index contributed by atoms with van der Waals surface area (Å²) in [4.78, 5) is 11.6. The summed E-state index contributed by atoms with van der Waals surface area (Å²) in [6.45, 7) is 0.693. The lowest BCUT2D eigenvalue weighted by atomic mass is 10.0. The molecule has 0 heterocycles. The number of hydrogen-bond donors (Lipinski definition) is 2. The molecule has 4 nitrogen and oxygen atoms in total. The third-order valence-corrected chi connectivity index (χ3v) is 2.51. The Labute approximate surface area is 110 Å². The van der Waals surface area contributed by atoms with Crippen molar-refractivity contribution in [3.05, 3.63) is 24.3 Å². The fraction of sp³-hybridized carbons (Fsp3) is 0.462. The Kier molecular flexibility index (Phi) is 5.69. The summed E-state index contributed by atoms with van der Waals surface area (Å²) in [7, 11) is 0. The Balaban J connectivity index is 2.59. The molecule has 2 N–H and O–H groups in total. The number of halogens is 2. The minimum atomic E-state index is -2.91. The number of amides is 1. The first-order valence-electron chi connectivity index (χ1n) is 5.91. The molecule has 1 rings (SSSR count). The van der Waals surface area contributed by atoms with E-state index in [0.29, 0.717) is 5.69 Å². The molecule has 1 aromatic rings. The van der Waals surface area contributed by atoms with Gasteiger partial charge in [-0.2, -0.15) is 8.78 Å². The topological polar surface area (TPSA) is 58.6 Å². The predicted molar refractivity (Wildman–Crippen MR) is 67.2 cm³/mol. The van der Waals surface area contributed by atoms with E-state index < -0.39 is 12.7 Å². The molecule has 0 saturated carbocycles. The van der Waals surface area contributed by atoms with Gasteiger partial charge in [0.1, 0.15) is 5.75 Å². The minimum absolute atomic E-state index is 0.0285. The van der Waals surface area contributed by atoms with E-state index >= 15 is 0 Å². The van der Waals surface area contributed by atoms with Crippen LogP contribution in [0.4, 0.5) is 14.5 Å². The van der Waals surface area contributed by atoms with Crippen LogP contribution in [0.2, 0.25) is 0 Å². The molecule has 0 fully saturated rings. The molecule has 0 bridgehead atoms. The maximum absolute atomic E-state index is 12.0. The minimum Gasteiger partial charge on any atom is -0.435 e. The Bertz CT molecular complexity index is 424. The third-order valence-electron chi connectivity index (χ3n) is 2.51. The van der Waals surface area contributed by atoms with Gasteiger partial charge in [0.05, 0.1) is 12.5 Å². The van der Waals surface area contributed by atoms with Gasteiger partial charge >= 0.3 is 6.61 Å². The van der Waals surface area contributed by atoms with Crippen LogP contribution in [0.5, 0.6) is 5.75 Å². The van der Waals surface area contributed by atoms with Crippen molar-refractivity contribution >= 4 is 11.6 Å². The van der Waals surface area contributed by atoms with Crippen LogP contribution in [-0.2, 0) is 4.79 Å². The summed E-state index contributed by atoms with van der Waals surface area (Å²) < 4.78 is 28.3. The molecule has 6 heteroatoms. The van der Waals surface area contributed by atoms with Gasteiger partial charge in [0.25, 0.3) is 0 Å². The summed E-state index contributed by atoms with van der Waals surface area (Å²) in [5, 5.41) is 12.1. The highest BCUT2D eigenvalue weighted by atomic mass is 19.3. The first kappa shape index (κ1) is 15.4. The predicted octanol–water partition coefficient (Wildman–Crippen LogP) is 2.63. The van der Waals surface area contributed by atoms with Crippen LogP contribution >= 0.6 is 0 Å². The van der Waals surface area contributed by atoms with Crippen molar-refractivity contribution in [2.45, 2.75) is 33.0 Å². The van der Waals surface area contributed by atoms with Crippen LogP contribution in [0, 0.1) is 5.92 Å². The number of anilines is 1. The van der Waals surface area contributed by atoms with Crippen molar-refractivity contribution in [3.63, 3.8) is 0 Å². The van der Waals surface area contributed by atoms with Crippen LogP contribution in [0.3, 0.4) is 0 Å². The van der Waals surface area contributed by atoms with Crippen molar-refractivity contribution in [2.75, 3.05) is 5.32 Å². The van der Waals surface area contributed by atoms with E-state index in [2.05, 4.69) is 10.1 Å². The quantitative estimate of drug-likeness (QED) is 0.837. The first-order chi connectivity index (χ1) is 8.88. The van der Waals surface area contributed by atoms with Gasteiger partial charge in [-0.3, -0.25) is 4.79 Å². The Morgan fingerprint density at radius 1 is 1.42 bits per heavy atom. The highest BCUT2D eigenvalue weighted by molar-refractivity contribution is 5.91. The highest BCUT2D eigenvalue weighted by Gasteiger charge is 2.14. The number of hydrogen-bond acceptors (Lipinski definition) is 3. The van der Waals surface area contributed by atoms with E-state index in [4.69, 9.17) is 0 Å². The second kappa shape index (κ2) is 7.04. The van der Waals surface area contributed by atoms with Crippen LogP contribution in [0.25, 0.3) is 0 Å². The van der Waals surface area contributed by atoms with Gasteiger partial charge in [-0.05, 0) is 18.1 Å². The molecule has 0 aliphatic heterocycles. The monoisotopic (exact) mass is 273 g/mol. The largest absolute Gasteiger partial charge is 0.435 e. The number of nitrogens with one attached hydrogen (secondary N) is 1. The molecule has 1 amide bonds. The lowest BCUT2D eigenvalue weighted by molar-refractivity contribution is -0.118. The van der Waals surface area contributed by atoms with E-state index in [0.717, 1.165) is 0 Å². The molecule has 1 unspecified atom stereocenters. The molecular weight excluding hydrogens is 256 g/mol. The van der Waals surface area contributed by atoms with Gasteiger partial charge in [-0.25, -0.2) is 0 Å². The van der Waals surface area contributed by atoms with Crippen molar-refractivity contribution in [2.24, 2.45) is 5.92 Å². The standard InChI is InChI=1S/C13H17F2NO3/c1-8(2)11(17)7-12(18)16-9-4-3-5-10(6-9)19-13(14)15/h3-6,8,11,13,17H,7H2,1-2H3,(H,16,18).